The molecule has 0 heterocycles. The minimum Gasteiger partial charge on any atom is -0.307 e. The first-order chi connectivity index (χ1) is 9.52. The topological polar surface area (TPSA) is 12.0 Å². The van der Waals surface area contributed by atoms with Gasteiger partial charge in [0.2, 0.25) is 0 Å². The van der Waals surface area contributed by atoms with E-state index in [0.717, 1.165) is 16.6 Å². The monoisotopic (exact) mass is 371 g/mol. The van der Waals surface area contributed by atoms with Crippen molar-refractivity contribution in [2.75, 3.05) is 6.54 Å². The first kappa shape index (κ1) is 15.8. The van der Waals surface area contributed by atoms with Gasteiger partial charge in [-0.3, -0.25) is 0 Å². The quantitative estimate of drug-likeness (QED) is 0.718. The van der Waals surface area contributed by atoms with Crippen LogP contribution in [0.1, 0.15) is 29.7 Å². The molecule has 4 heteroatoms. The van der Waals surface area contributed by atoms with Gasteiger partial charge < -0.3 is 5.32 Å². The van der Waals surface area contributed by atoms with Gasteiger partial charge in [0.05, 0.1) is 16.1 Å². The van der Waals surface area contributed by atoms with E-state index in [1.165, 1.54) is 11.1 Å². The van der Waals surface area contributed by atoms with E-state index in [2.05, 4.69) is 53.3 Å². The van der Waals surface area contributed by atoms with Crippen LogP contribution < -0.4 is 5.32 Å². The summed E-state index contributed by atoms with van der Waals surface area (Å²) >= 11 is 15.7. The average Bonchev–Trinajstić information content (AvgIpc) is 2.43. The van der Waals surface area contributed by atoms with Gasteiger partial charge in [0.15, 0.2) is 0 Å². The maximum absolute atomic E-state index is 6.13. The molecule has 0 spiro atoms. The molecule has 0 radical (unpaired) electrons. The van der Waals surface area contributed by atoms with Crippen molar-refractivity contribution in [1.29, 1.82) is 0 Å². The standard InChI is InChI=1S/C16H16BrCl2N/c1-3-20-16(11-4-6-13(17)10(2)8-11)12-5-7-14(18)15(19)9-12/h4-9,16,20H,3H2,1-2H3. The average molecular weight is 373 g/mol. The van der Waals surface area contributed by atoms with E-state index >= 15 is 0 Å². The molecule has 0 aliphatic carbocycles. The Morgan fingerprint density at radius 3 is 2.30 bits per heavy atom. The van der Waals surface area contributed by atoms with Crippen LogP contribution in [0, 0.1) is 6.92 Å². The second-order valence-electron chi connectivity index (χ2n) is 4.67. The summed E-state index contributed by atoms with van der Waals surface area (Å²) in [6, 6.07) is 12.3. The molecule has 106 valence electrons. The van der Waals surface area contributed by atoms with Gasteiger partial charge in [-0.15, -0.1) is 0 Å². The Hall–Kier alpha value is -0.540. The Morgan fingerprint density at radius 2 is 1.70 bits per heavy atom. The molecule has 1 atom stereocenters. The van der Waals surface area contributed by atoms with Crippen molar-refractivity contribution in [1.82, 2.24) is 5.32 Å². The molecule has 0 aliphatic rings. The van der Waals surface area contributed by atoms with Gasteiger partial charge in [-0.1, -0.05) is 64.3 Å². The van der Waals surface area contributed by atoms with Crippen molar-refractivity contribution < 1.29 is 0 Å². The minimum absolute atomic E-state index is 0.113. The Balaban J connectivity index is 2.44. The van der Waals surface area contributed by atoms with E-state index in [4.69, 9.17) is 23.2 Å². The van der Waals surface area contributed by atoms with Crippen LogP contribution in [-0.4, -0.2) is 6.54 Å². The number of nitrogens with one attached hydrogen (secondary N) is 1. The highest BCUT2D eigenvalue weighted by atomic mass is 79.9. The molecule has 20 heavy (non-hydrogen) atoms. The molecule has 0 aliphatic heterocycles. The fraction of sp³-hybridized carbons (Fsp3) is 0.250. The number of benzene rings is 2. The number of halogens is 3. The Bertz CT molecular complexity index is 562. The summed E-state index contributed by atoms with van der Waals surface area (Å²) in [7, 11) is 0. The molecule has 0 saturated heterocycles. The summed E-state index contributed by atoms with van der Waals surface area (Å²) in [4.78, 5) is 0. The van der Waals surface area contributed by atoms with Gasteiger partial charge in [-0.25, -0.2) is 0 Å². The smallest absolute Gasteiger partial charge is 0.0595 e. The maximum atomic E-state index is 6.13. The molecule has 0 saturated carbocycles. The van der Waals surface area contributed by atoms with Crippen molar-refractivity contribution in [2.24, 2.45) is 0 Å². The fourth-order valence-electron chi connectivity index (χ4n) is 2.17. The molecular formula is C16H16BrCl2N. The van der Waals surface area contributed by atoms with Crippen LogP contribution in [0.4, 0.5) is 0 Å². The highest BCUT2D eigenvalue weighted by Crippen LogP contribution is 2.30. The van der Waals surface area contributed by atoms with Crippen molar-refractivity contribution in [3.63, 3.8) is 0 Å². The van der Waals surface area contributed by atoms with Crippen LogP contribution in [0.25, 0.3) is 0 Å². The first-order valence-corrected chi connectivity index (χ1v) is 8.02. The normalized spacial score (nSPS) is 12.4. The molecule has 2 aromatic rings. The maximum Gasteiger partial charge on any atom is 0.0595 e. The summed E-state index contributed by atoms with van der Waals surface area (Å²) in [5.74, 6) is 0. The third kappa shape index (κ3) is 3.56. The molecule has 0 amide bonds. The van der Waals surface area contributed by atoms with Gasteiger partial charge in [0.1, 0.15) is 0 Å². The lowest BCUT2D eigenvalue weighted by atomic mass is 9.97. The predicted molar refractivity (Wildman–Crippen MR) is 90.9 cm³/mol. The van der Waals surface area contributed by atoms with Gasteiger partial charge in [-0.2, -0.15) is 0 Å². The van der Waals surface area contributed by atoms with Crippen molar-refractivity contribution in [3.05, 3.63) is 67.6 Å². The first-order valence-electron chi connectivity index (χ1n) is 6.47. The SMILES string of the molecule is CCNC(c1ccc(Br)c(C)c1)c1ccc(Cl)c(Cl)c1. The van der Waals surface area contributed by atoms with E-state index in [9.17, 15) is 0 Å². The zero-order valence-corrected chi connectivity index (χ0v) is 14.5. The number of hydrogen-bond acceptors (Lipinski definition) is 1. The Labute approximate surface area is 138 Å². The summed E-state index contributed by atoms with van der Waals surface area (Å²) in [6.45, 7) is 5.06. The summed E-state index contributed by atoms with van der Waals surface area (Å²) < 4.78 is 1.12. The molecule has 1 unspecified atom stereocenters. The highest BCUT2D eigenvalue weighted by molar-refractivity contribution is 9.10. The van der Waals surface area contributed by atoms with E-state index in [0.29, 0.717) is 10.0 Å². The summed E-state index contributed by atoms with van der Waals surface area (Å²) in [6.07, 6.45) is 0. The third-order valence-electron chi connectivity index (χ3n) is 3.20. The minimum atomic E-state index is 0.113. The Morgan fingerprint density at radius 1 is 1.05 bits per heavy atom. The lowest BCUT2D eigenvalue weighted by Crippen LogP contribution is -2.22. The summed E-state index contributed by atoms with van der Waals surface area (Å²) in [5.41, 5.74) is 3.54. The molecule has 1 N–H and O–H groups in total. The van der Waals surface area contributed by atoms with Crippen LogP contribution in [0.2, 0.25) is 10.0 Å². The van der Waals surface area contributed by atoms with Gasteiger partial charge >= 0.3 is 0 Å². The molecule has 0 fully saturated rings. The number of rotatable bonds is 4. The van der Waals surface area contributed by atoms with Crippen molar-refractivity contribution in [3.8, 4) is 0 Å². The molecule has 1 nitrogen and oxygen atoms in total. The largest absolute Gasteiger partial charge is 0.307 e. The zero-order chi connectivity index (χ0) is 14.7. The van der Waals surface area contributed by atoms with E-state index in [-0.39, 0.29) is 6.04 Å². The van der Waals surface area contributed by atoms with Crippen LogP contribution >= 0.6 is 39.1 Å². The second kappa shape index (κ2) is 6.95. The molecule has 0 bridgehead atoms. The van der Waals surface area contributed by atoms with Crippen molar-refractivity contribution >= 4 is 39.1 Å². The number of hydrogen-bond donors (Lipinski definition) is 1. The lowest BCUT2D eigenvalue weighted by Gasteiger charge is -2.20. The van der Waals surface area contributed by atoms with Gasteiger partial charge in [0.25, 0.3) is 0 Å². The second-order valence-corrected chi connectivity index (χ2v) is 6.34. The van der Waals surface area contributed by atoms with Crippen LogP contribution in [0.3, 0.4) is 0 Å². The lowest BCUT2D eigenvalue weighted by molar-refractivity contribution is 0.630. The van der Waals surface area contributed by atoms with Gasteiger partial charge in [0, 0.05) is 4.47 Å². The Kier molecular flexibility index (Phi) is 5.50. The van der Waals surface area contributed by atoms with E-state index in [1.54, 1.807) is 0 Å². The van der Waals surface area contributed by atoms with Crippen LogP contribution in [0.5, 0.6) is 0 Å². The predicted octanol–water partition coefficient (Wildman–Crippen LogP) is 5.76. The molecule has 0 aromatic heterocycles. The molecule has 2 aromatic carbocycles. The number of aryl methyl sites for hydroxylation is 1. The summed E-state index contributed by atoms with van der Waals surface area (Å²) in [5, 5.41) is 4.66. The van der Waals surface area contributed by atoms with Crippen LogP contribution in [-0.2, 0) is 0 Å². The fourth-order valence-corrected chi connectivity index (χ4v) is 2.72. The molecular weight excluding hydrogens is 357 g/mol. The van der Waals surface area contributed by atoms with Crippen molar-refractivity contribution in [2.45, 2.75) is 19.9 Å². The zero-order valence-electron chi connectivity index (χ0n) is 11.4. The van der Waals surface area contributed by atoms with E-state index in [1.807, 2.05) is 18.2 Å². The van der Waals surface area contributed by atoms with E-state index < -0.39 is 0 Å². The third-order valence-corrected chi connectivity index (χ3v) is 4.83. The highest BCUT2D eigenvalue weighted by Gasteiger charge is 2.15. The van der Waals surface area contributed by atoms with Crippen LogP contribution in [0.15, 0.2) is 40.9 Å². The van der Waals surface area contributed by atoms with Gasteiger partial charge in [-0.05, 0) is 48.4 Å². The molecule has 2 rings (SSSR count).